The highest BCUT2D eigenvalue weighted by Gasteiger charge is 2.07. The quantitative estimate of drug-likeness (QED) is 0.566. The molecular formula is C10H12N2. The van der Waals surface area contributed by atoms with E-state index >= 15 is 0 Å². The molecule has 0 saturated carbocycles. The van der Waals surface area contributed by atoms with Crippen molar-refractivity contribution in [2.24, 2.45) is 16.1 Å². The summed E-state index contributed by atoms with van der Waals surface area (Å²) in [6.07, 6.45) is 7.41. The summed E-state index contributed by atoms with van der Waals surface area (Å²) < 4.78 is 0. The van der Waals surface area contributed by atoms with E-state index in [1.54, 1.807) is 12.4 Å². The molecule has 0 amide bonds. The van der Waals surface area contributed by atoms with Crippen molar-refractivity contribution in [1.82, 2.24) is 0 Å². The Balaban J connectivity index is 2.54. The average Bonchev–Trinajstić information content (AvgIpc) is 2.51. The molecule has 0 saturated heterocycles. The van der Waals surface area contributed by atoms with Crippen LogP contribution in [0, 0.1) is 5.92 Å². The Morgan fingerprint density at radius 2 is 1.83 bits per heavy atom. The van der Waals surface area contributed by atoms with E-state index in [1.165, 1.54) is 0 Å². The molecule has 2 nitrogen and oxygen atoms in total. The Morgan fingerprint density at radius 1 is 1.25 bits per heavy atom. The number of rotatable bonds is 3. The molecule has 1 heterocycles. The van der Waals surface area contributed by atoms with Crippen LogP contribution in [-0.4, -0.2) is 12.4 Å². The second-order valence-corrected chi connectivity index (χ2v) is 2.81. The van der Waals surface area contributed by atoms with Gasteiger partial charge in [-0.15, -0.1) is 0 Å². The first-order chi connectivity index (χ1) is 5.70. The maximum Gasteiger partial charge on any atom is 0.0578 e. The van der Waals surface area contributed by atoms with Gasteiger partial charge in [-0.25, -0.2) is 0 Å². The van der Waals surface area contributed by atoms with Crippen LogP contribution < -0.4 is 0 Å². The molecule has 1 aliphatic rings. The van der Waals surface area contributed by atoms with E-state index in [2.05, 4.69) is 23.4 Å². The van der Waals surface area contributed by atoms with Gasteiger partial charge in [0.1, 0.15) is 0 Å². The molecule has 12 heavy (non-hydrogen) atoms. The van der Waals surface area contributed by atoms with Crippen molar-refractivity contribution < 1.29 is 0 Å². The lowest BCUT2D eigenvalue weighted by Gasteiger charge is -2.00. The van der Waals surface area contributed by atoms with Crippen LogP contribution in [-0.2, 0) is 0 Å². The second kappa shape index (κ2) is 3.81. The third kappa shape index (κ3) is 2.31. The summed E-state index contributed by atoms with van der Waals surface area (Å²) in [4.78, 5) is 0. The Morgan fingerprint density at radius 3 is 2.33 bits per heavy atom. The van der Waals surface area contributed by atoms with Crippen LogP contribution in [0.2, 0.25) is 0 Å². The van der Waals surface area contributed by atoms with Crippen molar-refractivity contribution >= 4 is 12.4 Å². The van der Waals surface area contributed by atoms with Crippen LogP contribution in [0.4, 0.5) is 0 Å². The lowest BCUT2D eigenvalue weighted by molar-refractivity contribution is 1.23. The lowest BCUT2D eigenvalue weighted by Crippen LogP contribution is -2.00. The van der Waals surface area contributed by atoms with Crippen LogP contribution in [0.15, 0.2) is 46.7 Å². The van der Waals surface area contributed by atoms with E-state index < -0.39 is 0 Å². The fourth-order valence-electron chi connectivity index (χ4n) is 0.811. The predicted octanol–water partition coefficient (Wildman–Crippen LogP) is 2.36. The zero-order chi connectivity index (χ0) is 8.97. The summed E-state index contributed by atoms with van der Waals surface area (Å²) in [5.74, 6) is 0.167. The molecule has 0 aromatic heterocycles. The van der Waals surface area contributed by atoms with Crippen molar-refractivity contribution in [3.05, 3.63) is 36.5 Å². The zero-order valence-electron chi connectivity index (χ0n) is 7.20. The number of hydrogen-bond acceptors (Lipinski definition) is 2. The predicted molar refractivity (Wildman–Crippen MR) is 53.6 cm³/mol. The molecule has 0 N–H and O–H groups in total. The molecule has 0 radical (unpaired) electrons. The van der Waals surface area contributed by atoms with Gasteiger partial charge < -0.3 is 0 Å². The molecule has 62 valence electrons. The topological polar surface area (TPSA) is 24.7 Å². The van der Waals surface area contributed by atoms with Gasteiger partial charge in [0, 0.05) is 12.4 Å². The van der Waals surface area contributed by atoms with Gasteiger partial charge in [0.05, 0.1) is 5.92 Å². The highest BCUT2D eigenvalue weighted by Crippen LogP contribution is 2.10. The van der Waals surface area contributed by atoms with Gasteiger partial charge >= 0.3 is 0 Å². The number of allylic oxidation sites excluding steroid dienone is 4. The van der Waals surface area contributed by atoms with Gasteiger partial charge in [0.2, 0.25) is 0 Å². The first-order valence-electron chi connectivity index (χ1n) is 3.79. The van der Waals surface area contributed by atoms with Crippen LogP contribution in [0.3, 0.4) is 0 Å². The third-order valence-corrected chi connectivity index (χ3v) is 1.53. The molecule has 0 bridgehead atoms. The van der Waals surface area contributed by atoms with E-state index in [1.807, 2.05) is 19.1 Å². The minimum absolute atomic E-state index is 0.167. The van der Waals surface area contributed by atoms with Gasteiger partial charge in [-0.3, -0.25) is 0 Å². The molecule has 0 aromatic rings. The van der Waals surface area contributed by atoms with Crippen molar-refractivity contribution in [2.75, 3.05) is 0 Å². The SMILES string of the molecule is C=C(C)/C=C\C(=C)C1C=NN=C1. The van der Waals surface area contributed by atoms with Crippen molar-refractivity contribution in [3.63, 3.8) is 0 Å². The Hall–Kier alpha value is -1.44. The van der Waals surface area contributed by atoms with Crippen LogP contribution in [0.25, 0.3) is 0 Å². The second-order valence-electron chi connectivity index (χ2n) is 2.81. The molecule has 0 aromatic carbocycles. The molecule has 0 fully saturated rings. The zero-order valence-corrected chi connectivity index (χ0v) is 7.20. The van der Waals surface area contributed by atoms with Crippen molar-refractivity contribution in [1.29, 1.82) is 0 Å². The standard InChI is InChI=1S/C10H12N2/c1-8(2)4-5-9(3)10-6-11-12-7-10/h4-7,10H,1,3H2,2H3/b5-4-. The summed E-state index contributed by atoms with van der Waals surface area (Å²) in [6, 6.07) is 0. The van der Waals surface area contributed by atoms with Crippen molar-refractivity contribution in [3.8, 4) is 0 Å². The highest BCUT2D eigenvalue weighted by molar-refractivity contribution is 5.91. The Bertz CT molecular complexity index is 270. The van der Waals surface area contributed by atoms with Crippen LogP contribution >= 0.6 is 0 Å². The van der Waals surface area contributed by atoms with Gasteiger partial charge in [0.15, 0.2) is 0 Å². The van der Waals surface area contributed by atoms with Gasteiger partial charge in [0.25, 0.3) is 0 Å². The molecule has 0 aliphatic carbocycles. The molecule has 0 spiro atoms. The molecular weight excluding hydrogens is 148 g/mol. The largest absolute Gasteiger partial charge is 0.163 e. The monoisotopic (exact) mass is 160 g/mol. The highest BCUT2D eigenvalue weighted by atomic mass is 15.2. The Labute approximate surface area is 72.7 Å². The molecule has 2 heteroatoms. The van der Waals surface area contributed by atoms with E-state index in [4.69, 9.17) is 0 Å². The molecule has 1 rings (SSSR count). The molecule has 0 unspecified atom stereocenters. The number of nitrogens with zero attached hydrogens (tertiary/aromatic N) is 2. The normalized spacial score (nSPS) is 16.1. The van der Waals surface area contributed by atoms with Gasteiger partial charge in [-0.05, 0) is 12.5 Å². The minimum atomic E-state index is 0.167. The summed E-state index contributed by atoms with van der Waals surface area (Å²) in [5, 5.41) is 7.48. The molecule has 0 atom stereocenters. The van der Waals surface area contributed by atoms with Crippen LogP contribution in [0.1, 0.15) is 6.92 Å². The van der Waals surface area contributed by atoms with E-state index in [0.717, 1.165) is 11.1 Å². The molecule has 1 aliphatic heterocycles. The fourth-order valence-corrected chi connectivity index (χ4v) is 0.811. The summed E-state index contributed by atoms with van der Waals surface area (Å²) >= 11 is 0. The first-order valence-corrected chi connectivity index (χ1v) is 3.79. The van der Waals surface area contributed by atoms with E-state index in [-0.39, 0.29) is 5.92 Å². The maximum absolute atomic E-state index is 3.90. The summed E-state index contributed by atoms with van der Waals surface area (Å²) in [6.45, 7) is 9.60. The van der Waals surface area contributed by atoms with E-state index in [0.29, 0.717) is 0 Å². The van der Waals surface area contributed by atoms with Gasteiger partial charge in [-0.1, -0.05) is 30.9 Å². The number of hydrogen-bond donors (Lipinski definition) is 0. The van der Waals surface area contributed by atoms with E-state index in [9.17, 15) is 0 Å². The first kappa shape index (κ1) is 8.65. The average molecular weight is 160 g/mol. The fraction of sp³-hybridized carbons (Fsp3) is 0.200. The third-order valence-electron chi connectivity index (χ3n) is 1.53. The van der Waals surface area contributed by atoms with Crippen LogP contribution in [0.5, 0.6) is 0 Å². The Kier molecular flexibility index (Phi) is 2.75. The smallest absolute Gasteiger partial charge is 0.0578 e. The summed E-state index contributed by atoms with van der Waals surface area (Å²) in [7, 11) is 0. The van der Waals surface area contributed by atoms with Crippen molar-refractivity contribution in [2.45, 2.75) is 6.92 Å². The minimum Gasteiger partial charge on any atom is -0.163 e. The maximum atomic E-state index is 3.90. The lowest BCUT2D eigenvalue weighted by atomic mass is 10.0. The van der Waals surface area contributed by atoms with Gasteiger partial charge in [-0.2, -0.15) is 10.2 Å². The summed E-state index contributed by atoms with van der Waals surface area (Å²) in [5.41, 5.74) is 2.01.